The van der Waals surface area contributed by atoms with Gasteiger partial charge in [0.25, 0.3) is 0 Å². The van der Waals surface area contributed by atoms with Crippen LogP contribution in [0.15, 0.2) is 106 Å². The number of benzene rings is 3. The van der Waals surface area contributed by atoms with E-state index >= 15 is 0 Å². The zero-order valence-corrected chi connectivity index (χ0v) is 55.3. The number of carbonyl (C=O) groups excluding carboxylic acids is 6. The standard InChI is InChI=1S/C44H51F3N8O6.C23H27BrF3N3O3/c1-26(2)32(19-38(56)60-5)41(57)55-25-53(23-44(45,46)47)22-37(55)34-18-17-33(50-34)30-13-9-28(10-14-30)7-8-29-11-15-31(16-12-29)35-20-49-40(51-35)36-21-48-24-54(36)42(58)39(27(3)4)52-43(59)61-6;1-14(2)17(10-21(31)33-3)22(32)30-13-29(12-23(25,26)27)11-20(30)19-9-8-18(28-19)15-4-6-16(24)7-5-15/h9-17,20,26-27,32,36-37,39,48H,18-19,21-25H2,1-6H3,(H,49,51)(H,52,59);4-8,14,17,20H,9-13H2,1-3H3/t32-,36-,37-,39-;17-,20-/m00/s1. The van der Waals surface area contributed by atoms with Crippen molar-refractivity contribution in [2.24, 2.45) is 39.6 Å². The number of aromatic amines is 1. The molecule has 0 bridgehead atoms. The molecule has 3 saturated heterocycles. The number of nitrogens with zero attached hydrogens (tertiary/aromatic N) is 8. The SMILES string of the molecule is COC(=O)C[C@H](C(=O)N1CN(CC(F)(F)F)C[C@H]1C1=NC(c2ccc(Br)cc2)=CC1)C(C)C.COC(=O)C[C@H](C(=O)N1CN(CC(F)(F)F)C[C@H]1C1=NC(c2ccc(C#Cc3ccc(-c4cnc([C@@H]5CNCN5C(=O)[C@@H](NC(=O)OC)C(C)C)[nH]4)cc3)cc2)=CC1)C(C)C. The molecule has 1 aromatic heterocycles. The summed E-state index contributed by atoms with van der Waals surface area (Å²) in [6, 6.07) is 20.4. The van der Waals surface area contributed by atoms with Crippen LogP contribution in [0, 0.1) is 41.4 Å². The zero-order valence-electron chi connectivity index (χ0n) is 53.7. The minimum Gasteiger partial charge on any atom is -0.469 e. The summed E-state index contributed by atoms with van der Waals surface area (Å²) in [6.45, 7) is 9.09. The molecule has 3 N–H and O–H groups in total. The van der Waals surface area contributed by atoms with Crippen LogP contribution < -0.4 is 10.6 Å². The topological polar surface area (TPSA) is 224 Å². The highest BCUT2D eigenvalue weighted by molar-refractivity contribution is 9.10. The molecule has 0 saturated carbocycles. The summed E-state index contributed by atoms with van der Waals surface area (Å²) < 4.78 is 94.8. The first kappa shape index (κ1) is 71.7. The third-order valence-corrected chi connectivity index (χ3v) is 17.4. The Balaban J connectivity index is 0.000000289. The van der Waals surface area contributed by atoms with Crippen molar-refractivity contribution in [1.82, 2.24) is 45.1 Å². The summed E-state index contributed by atoms with van der Waals surface area (Å²) in [5.74, 6) is 2.89. The zero-order chi connectivity index (χ0) is 68.3. The number of ether oxygens (including phenoxy) is 3. The Bertz CT molecular complexity index is 3580. The summed E-state index contributed by atoms with van der Waals surface area (Å²) in [6.07, 6.45) is -3.42. The van der Waals surface area contributed by atoms with Crippen LogP contribution in [0.25, 0.3) is 22.7 Å². The number of aromatic nitrogens is 2. The van der Waals surface area contributed by atoms with Crippen molar-refractivity contribution in [2.75, 3.05) is 74.1 Å². The van der Waals surface area contributed by atoms with Gasteiger partial charge in [0.15, 0.2) is 0 Å². The Labute approximate surface area is 550 Å². The fraction of sp³-hybridized carbons (Fsp3) is 0.478. The van der Waals surface area contributed by atoms with Crippen LogP contribution in [0.1, 0.15) is 101 Å². The Morgan fingerprint density at radius 1 is 0.606 bits per heavy atom. The Kier molecular flexibility index (Phi) is 23.9. The van der Waals surface area contributed by atoms with E-state index in [9.17, 15) is 55.1 Å². The van der Waals surface area contributed by atoms with E-state index in [-0.39, 0.29) is 74.9 Å². The second-order valence-electron chi connectivity index (χ2n) is 24.6. The predicted molar refractivity (Wildman–Crippen MR) is 343 cm³/mol. The molecular weight excluding hydrogens is 1300 g/mol. The van der Waals surface area contributed by atoms with Crippen molar-refractivity contribution in [3.8, 4) is 23.1 Å². The maximum absolute atomic E-state index is 13.8. The minimum atomic E-state index is -4.44. The number of allylic oxidation sites excluding steroid dienone is 2. The van der Waals surface area contributed by atoms with Crippen molar-refractivity contribution in [3.63, 3.8) is 0 Å². The van der Waals surface area contributed by atoms with Crippen LogP contribution in [0.2, 0.25) is 0 Å². The average Bonchev–Trinajstić information content (AvgIpc) is 1.65. The molecule has 504 valence electrons. The lowest BCUT2D eigenvalue weighted by atomic mass is 9.90. The molecule has 5 aliphatic rings. The van der Waals surface area contributed by atoms with E-state index in [0.717, 1.165) is 43.7 Å². The van der Waals surface area contributed by atoms with Crippen molar-refractivity contribution in [1.29, 1.82) is 0 Å². The highest BCUT2D eigenvalue weighted by atomic mass is 79.9. The van der Waals surface area contributed by atoms with Gasteiger partial charge in [-0.15, -0.1) is 0 Å². The number of esters is 2. The number of hydrogen-bond acceptors (Lipinski definition) is 15. The molecule has 27 heteroatoms. The number of imidazole rings is 1. The monoisotopic (exact) mass is 1370 g/mol. The second kappa shape index (κ2) is 31.4. The van der Waals surface area contributed by atoms with Crippen LogP contribution >= 0.6 is 15.9 Å². The molecule has 20 nitrogen and oxygen atoms in total. The van der Waals surface area contributed by atoms with Gasteiger partial charge in [-0.3, -0.25) is 49.1 Å². The van der Waals surface area contributed by atoms with Gasteiger partial charge < -0.3 is 39.2 Å². The van der Waals surface area contributed by atoms with Gasteiger partial charge in [0.1, 0.15) is 17.9 Å². The first-order valence-electron chi connectivity index (χ1n) is 30.8. The first-order chi connectivity index (χ1) is 44.5. The van der Waals surface area contributed by atoms with Gasteiger partial charge in [0.05, 0.1) is 114 Å². The molecule has 3 aromatic carbocycles. The van der Waals surface area contributed by atoms with Gasteiger partial charge in [-0.25, -0.2) is 9.78 Å². The molecule has 4 amide bonds. The molecule has 94 heavy (non-hydrogen) atoms. The quantitative estimate of drug-likeness (QED) is 0.0345. The molecular formula is C67H78BrF6N11O9. The fourth-order valence-corrected chi connectivity index (χ4v) is 12.1. The van der Waals surface area contributed by atoms with E-state index in [2.05, 4.69) is 53.4 Å². The number of hydrogen-bond donors (Lipinski definition) is 3. The lowest BCUT2D eigenvalue weighted by Gasteiger charge is -2.29. The third kappa shape index (κ3) is 18.6. The Morgan fingerprint density at radius 2 is 1.05 bits per heavy atom. The molecule has 6 heterocycles. The Hall–Kier alpha value is -8.19. The van der Waals surface area contributed by atoms with E-state index in [1.165, 1.54) is 40.9 Å². The second-order valence-corrected chi connectivity index (χ2v) is 25.5. The summed E-state index contributed by atoms with van der Waals surface area (Å²) >= 11 is 3.39. The lowest BCUT2D eigenvalue weighted by Crippen LogP contribution is -2.51. The number of alkyl carbamates (subject to hydrolysis) is 1. The number of methoxy groups -OCH3 is 3. The average molecular weight is 1380 g/mol. The molecule has 0 radical (unpaired) electrons. The van der Waals surface area contributed by atoms with Crippen LogP contribution in [-0.4, -0.2) is 186 Å². The van der Waals surface area contributed by atoms with Gasteiger partial charge in [0.2, 0.25) is 17.7 Å². The van der Waals surface area contributed by atoms with Gasteiger partial charge in [-0.05, 0) is 70.8 Å². The lowest BCUT2D eigenvalue weighted by molar-refractivity contribution is -0.151. The maximum atomic E-state index is 13.8. The van der Waals surface area contributed by atoms with Gasteiger partial charge in [-0.1, -0.05) is 118 Å². The van der Waals surface area contributed by atoms with E-state index in [4.69, 9.17) is 19.2 Å². The molecule has 0 aliphatic carbocycles. The number of amides is 4. The number of rotatable bonds is 19. The summed E-state index contributed by atoms with van der Waals surface area (Å²) in [5.41, 5.74) is 7.52. The summed E-state index contributed by atoms with van der Waals surface area (Å²) in [5, 5.41) is 5.87. The van der Waals surface area contributed by atoms with Crippen LogP contribution in [0.4, 0.5) is 31.1 Å². The minimum absolute atomic E-state index is 0.0242. The summed E-state index contributed by atoms with van der Waals surface area (Å²) in [7, 11) is 3.74. The van der Waals surface area contributed by atoms with E-state index < -0.39 is 79.3 Å². The number of halogens is 7. The number of aliphatic imine (C=N–C) groups is 2. The molecule has 5 aliphatic heterocycles. The predicted octanol–water partition coefficient (Wildman–Crippen LogP) is 9.84. The largest absolute Gasteiger partial charge is 0.469 e. The van der Waals surface area contributed by atoms with Gasteiger partial charge in [0, 0.05) is 59.5 Å². The highest BCUT2D eigenvalue weighted by Gasteiger charge is 2.47. The number of nitrogens with one attached hydrogen (secondary N) is 3. The molecule has 4 aromatic rings. The third-order valence-electron chi connectivity index (χ3n) is 16.9. The maximum Gasteiger partial charge on any atom is 0.407 e. The molecule has 6 atom stereocenters. The number of carbonyl (C=O) groups is 6. The Morgan fingerprint density at radius 3 is 1.47 bits per heavy atom. The van der Waals surface area contributed by atoms with Crippen LogP contribution in [0.3, 0.4) is 0 Å². The molecule has 0 unspecified atom stereocenters. The van der Waals surface area contributed by atoms with E-state index in [1.54, 1.807) is 24.9 Å². The van der Waals surface area contributed by atoms with Crippen molar-refractivity contribution in [3.05, 3.63) is 124 Å². The van der Waals surface area contributed by atoms with Crippen molar-refractivity contribution >= 4 is 74.5 Å². The fourth-order valence-electron chi connectivity index (χ4n) is 11.8. The highest BCUT2D eigenvalue weighted by Crippen LogP contribution is 2.35. The molecule has 3 fully saturated rings. The van der Waals surface area contributed by atoms with Crippen molar-refractivity contribution in [2.45, 2.75) is 104 Å². The number of H-pyrrole nitrogens is 1. The van der Waals surface area contributed by atoms with Crippen molar-refractivity contribution < 1.29 is 69.3 Å². The van der Waals surface area contributed by atoms with E-state index in [0.29, 0.717) is 49.0 Å². The molecule has 9 rings (SSSR count). The van der Waals surface area contributed by atoms with Gasteiger partial charge >= 0.3 is 30.4 Å². The summed E-state index contributed by atoms with van der Waals surface area (Å²) in [4.78, 5) is 101. The van der Waals surface area contributed by atoms with Gasteiger partial charge in [-0.2, -0.15) is 26.3 Å². The molecule has 0 spiro atoms. The normalized spacial score (nSPS) is 19.4. The van der Waals surface area contributed by atoms with E-state index in [1.807, 2.05) is 113 Å². The number of alkyl halides is 6. The van der Waals surface area contributed by atoms with Crippen LogP contribution in [-0.2, 0) is 38.2 Å². The first-order valence-corrected chi connectivity index (χ1v) is 31.6. The smallest absolute Gasteiger partial charge is 0.407 e. The van der Waals surface area contributed by atoms with Crippen LogP contribution in [0.5, 0.6) is 0 Å².